The lowest BCUT2D eigenvalue weighted by Gasteiger charge is -2.13. The molecule has 1 amide bonds. The standard InChI is InChI=1S/C17H17NO7S2/c1-24-11-5-2-4-10(15(11)25-9-14(21)22)8-12-16(23)18(17(26)27-12)7-3-6-13(19)20/h2,4-5,8H,3,6-7,9H2,1H3,(H,19,20)(H,21,22). The Morgan fingerprint density at radius 2 is 2.04 bits per heavy atom. The van der Waals surface area contributed by atoms with Crippen molar-refractivity contribution in [2.24, 2.45) is 0 Å². The molecule has 1 fully saturated rings. The molecular weight excluding hydrogens is 394 g/mol. The van der Waals surface area contributed by atoms with Crippen LogP contribution < -0.4 is 9.47 Å². The zero-order valence-corrected chi connectivity index (χ0v) is 16.0. The SMILES string of the molecule is COc1cccc(C=C2SC(=S)N(CCCC(=O)O)C2=O)c1OCC(=O)O. The van der Waals surface area contributed by atoms with Crippen molar-refractivity contribution in [3.05, 3.63) is 28.7 Å². The number of carbonyl (C=O) groups is 3. The average Bonchev–Trinajstić information content (AvgIpc) is 2.87. The van der Waals surface area contributed by atoms with Crippen LogP contribution in [0.3, 0.4) is 0 Å². The molecule has 1 aliphatic rings. The van der Waals surface area contributed by atoms with Gasteiger partial charge in [0.25, 0.3) is 5.91 Å². The molecule has 1 aromatic rings. The zero-order valence-electron chi connectivity index (χ0n) is 14.3. The van der Waals surface area contributed by atoms with Gasteiger partial charge in [0.15, 0.2) is 18.1 Å². The van der Waals surface area contributed by atoms with Crippen molar-refractivity contribution in [2.45, 2.75) is 12.8 Å². The number of nitrogens with zero attached hydrogens (tertiary/aromatic N) is 1. The summed E-state index contributed by atoms with van der Waals surface area (Å²) in [4.78, 5) is 35.7. The molecule has 0 radical (unpaired) electrons. The number of amides is 1. The predicted octanol–water partition coefficient (Wildman–Crippen LogP) is 2.22. The number of hydrogen-bond acceptors (Lipinski definition) is 7. The molecule has 1 aromatic carbocycles. The lowest BCUT2D eigenvalue weighted by atomic mass is 10.1. The van der Waals surface area contributed by atoms with Gasteiger partial charge in [0.2, 0.25) is 0 Å². The van der Waals surface area contributed by atoms with Crippen LogP contribution in [0.4, 0.5) is 0 Å². The molecule has 1 aliphatic heterocycles. The largest absolute Gasteiger partial charge is 0.493 e. The number of thiocarbonyl (C=S) groups is 1. The molecular formula is C17H17NO7S2. The van der Waals surface area contributed by atoms with Gasteiger partial charge in [-0.3, -0.25) is 14.5 Å². The molecule has 0 aliphatic carbocycles. The first kappa shape index (κ1) is 20.7. The van der Waals surface area contributed by atoms with E-state index >= 15 is 0 Å². The minimum atomic E-state index is -1.14. The van der Waals surface area contributed by atoms with Gasteiger partial charge in [0, 0.05) is 18.5 Å². The second-order valence-corrected chi connectivity index (χ2v) is 7.07. The van der Waals surface area contributed by atoms with E-state index in [2.05, 4.69) is 0 Å². The number of benzene rings is 1. The van der Waals surface area contributed by atoms with Gasteiger partial charge in [-0.2, -0.15) is 0 Å². The van der Waals surface area contributed by atoms with Crippen LogP contribution in [0.15, 0.2) is 23.1 Å². The fourth-order valence-electron chi connectivity index (χ4n) is 2.32. The van der Waals surface area contributed by atoms with Crippen molar-refractivity contribution >= 4 is 52.2 Å². The highest BCUT2D eigenvalue weighted by Crippen LogP contribution is 2.37. The Bertz CT molecular complexity index is 806. The summed E-state index contributed by atoms with van der Waals surface area (Å²) >= 11 is 6.29. The second-order valence-electron chi connectivity index (χ2n) is 5.39. The van der Waals surface area contributed by atoms with E-state index in [4.69, 9.17) is 31.9 Å². The molecule has 10 heteroatoms. The number of rotatable bonds is 9. The molecule has 0 aromatic heterocycles. The van der Waals surface area contributed by atoms with Crippen LogP contribution in [0.25, 0.3) is 6.08 Å². The third kappa shape index (κ3) is 5.44. The van der Waals surface area contributed by atoms with Crippen LogP contribution in [-0.2, 0) is 14.4 Å². The highest BCUT2D eigenvalue weighted by molar-refractivity contribution is 8.26. The lowest BCUT2D eigenvalue weighted by molar-refractivity contribution is -0.139. The molecule has 2 N–H and O–H groups in total. The van der Waals surface area contributed by atoms with Gasteiger partial charge in [0.1, 0.15) is 4.32 Å². The number of para-hydroxylation sites is 1. The summed E-state index contributed by atoms with van der Waals surface area (Å²) in [5.74, 6) is -1.87. The predicted molar refractivity (Wildman–Crippen MR) is 103 cm³/mol. The summed E-state index contributed by atoms with van der Waals surface area (Å²) in [7, 11) is 1.43. The van der Waals surface area contributed by atoms with Gasteiger partial charge < -0.3 is 19.7 Å². The average molecular weight is 411 g/mol. The summed E-state index contributed by atoms with van der Waals surface area (Å²) in [5.41, 5.74) is 0.474. The molecule has 0 atom stereocenters. The molecule has 8 nitrogen and oxygen atoms in total. The van der Waals surface area contributed by atoms with Gasteiger partial charge in [-0.15, -0.1) is 0 Å². The summed E-state index contributed by atoms with van der Waals surface area (Å²) in [6, 6.07) is 4.97. The zero-order chi connectivity index (χ0) is 20.0. The van der Waals surface area contributed by atoms with E-state index in [1.54, 1.807) is 24.3 Å². The minimum absolute atomic E-state index is 0.0564. The van der Waals surface area contributed by atoms with Crippen LogP contribution in [0, 0.1) is 0 Å². The van der Waals surface area contributed by atoms with Gasteiger partial charge in [-0.25, -0.2) is 4.79 Å². The fraction of sp³-hybridized carbons (Fsp3) is 0.294. The minimum Gasteiger partial charge on any atom is -0.493 e. The van der Waals surface area contributed by atoms with Crippen molar-refractivity contribution in [3.63, 3.8) is 0 Å². The van der Waals surface area contributed by atoms with E-state index in [0.717, 1.165) is 11.8 Å². The van der Waals surface area contributed by atoms with Gasteiger partial charge in [-0.1, -0.05) is 36.1 Å². The van der Waals surface area contributed by atoms with Crippen LogP contribution in [0.2, 0.25) is 0 Å². The number of carbonyl (C=O) groups excluding carboxylic acids is 1. The van der Waals surface area contributed by atoms with Crippen LogP contribution >= 0.6 is 24.0 Å². The molecule has 0 unspecified atom stereocenters. The number of methoxy groups -OCH3 is 1. The number of thioether (sulfide) groups is 1. The van der Waals surface area contributed by atoms with Crippen molar-refractivity contribution < 1.29 is 34.1 Å². The number of carboxylic acids is 2. The Morgan fingerprint density at radius 3 is 2.67 bits per heavy atom. The van der Waals surface area contributed by atoms with E-state index in [0.29, 0.717) is 27.0 Å². The summed E-state index contributed by atoms with van der Waals surface area (Å²) in [6.45, 7) is -0.341. The lowest BCUT2D eigenvalue weighted by Crippen LogP contribution is -2.29. The van der Waals surface area contributed by atoms with Crippen LogP contribution in [-0.4, -0.2) is 57.5 Å². The van der Waals surface area contributed by atoms with E-state index < -0.39 is 18.5 Å². The Hall–Kier alpha value is -2.59. The number of hydrogen-bond donors (Lipinski definition) is 2. The van der Waals surface area contributed by atoms with Gasteiger partial charge in [0.05, 0.1) is 12.0 Å². The quantitative estimate of drug-likeness (QED) is 0.466. The molecule has 144 valence electrons. The maximum absolute atomic E-state index is 12.6. The van der Waals surface area contributed by atoms with Crippen LogP contribution in [0.1, 0.15) is 18.4 Å². The van der Waals surface area contributed by atoms with E-state index in [-0.39, 0.29) is 24.6 Å². The first-order valence-electron chi connectivity index (χ1n) is 7.82. The number of aliphatic carboxylic acids is 2. The molecule has 0 bridgehead atoms. The maximum Gasteiger partial charge on any atom is 0.341 e. The Labute approximate surface area is 164 Å². The third-order valence-electron chi connectivity index (χ3n) is 3.50. The van der Waals surface area contributed by atoms with Crippen LogP contribution in [0.5, 0.6) is 11.5 Å². The Kier molecular flexibility index (Phi) is 7.19. The monoisotopic (exact) mass is 411 g/mol. The fourth-order valence-corrected chi connectivity index (χ4v) is 3.62. The Morgan fingerprint density at radius 1 is 1.30 bits per heavy atom. The molecule has 1 heterocycles. The first-order chi connectivity index (χ1) is 12.8. The second kappa shape index (κ2) is 9.38. The van der Waals surface area contributed by atoms with Crippen molar-refractivity contribution in [3.8, 4) is 11.5 Å². The Balaban J connectivity index is 2.25. The summed E-state index contributed by atoms with van der Waals surface area (Å²) in [6.07, 6.45) is 1.79. The van der Waals surface area contributed by atoms with Gasteiger partial charge >= 0.3 is 11.9 Å². The summed E-state index contributed by atoms with van der Waals surface area (Å²) in [5, 5.41) is 17.6. The maximum atomic E-state index is 12.6. The van der Waals surface area contributed by atoms with Gasteiger partial charge in [-0.05, 0) is 18.6 Å². The van der Waals surface area contributed by atoms with Crippen molar-refractivity contribution in [1.29, 1.82) is 0 Å². The smallest absolute Gasteiger partial charge is 0.341 e. The molecule has 0 saturated carbocycles. The van der Waals surface area contributed by atoms with Crippen molar-refractivity contribution in [1.82, 2.24) is 4.90 Å². The summed E-state index contributed by atoms with van der Waals surface area (Å²) < 4.78 is 10.8. The normalized spacial score (nSPS) is 15.3. The van der Waals surface area contributed by atoms with E-state index in [1.807, 2.05) is 0 Å². The van der Waals surface area contributed by atoms with Crippen molar-refractivity contribution in [2.75, 3.05) is 20.3 Å². The topological polar surface area (TPSA) is 113 Å². The highest BCUT2D eigenvalue weighted by atomic mass is 32.2. The molecule has 0 spiro atoms. The van der Waals surface area contributed by atoms with E-state index in [1.165, 1.54) is 12.0 Å². The van der Waals surface area contributed by atoms with E-state index in [9.17, 15) is 14.4 Å². The molecule has 2 rings (SSSR count). The highest BCUT2D eigenvalue weighted by Gasteiger charge is 2.32. The number of ether oxygens (including phenoxy) is 2. The molecule has 1 saturated heterocycles. The first-order valence-corrected chi connectivity index (χ1v) is 9.04. The number of carboxylic acid groups (broad SMARTS) is 2. The third-order valence-corrected chi connectivity index (χ3v) is 4.88. The molecule has 27 heavy (non-hydrogen) atoms.